The van der Waals surface area contributed by atoms with Gasteiger partial charge in [-0.15, -0.1) is 0 Å². The first-order chi connectivity index (χ1) is 36.0. The number of benzene rings is 11. The van der Waals surface area contributed by atoms with Crippen LogP contribution in [0.3, 0.4) is 0 Å². The van der Waals surface area contributed by atoms with Crippen LogP contribution in [0.5, 0.6) is 0 Å². The van der Waals surface area contributed by atoms with Gasteiger partial charge in [-0.1, -0.05) is 163 Å². The standard InChI is InChI=1S/C70H54N4/c1-69(2,3)45-39-53-54-40-46(70(4,5)6)42-60(72(49-29-15-9-16-30-49)50-31-17-10-18-32-50)66(54)73-57-35-36-58-61(62(57)56(41-45)65(53)73)55-37-43-23-19-21-33-51(43)63-64-52-34-22-20-24-44(52)38-59(68(64)74(58)67(55)63)71(47-25-11-7-12-26-47)48-27-13-8-14-28-48/h7-42H,1-6H3. The second-order valence-electron chi connectivity index (χ2n) is 22.6. The van der Waals surface area contributed by atoms with Gasteiger partial charge in [0, 0.05) is 65.8 Å². The van der Waals surface area contributed by atoms with Crippen molar-refractivity contribution in [2.45, 2.75) is 52.4 Å². The third-order valence-electron chi connectivity index (χ3n) is 16.1. The van der Waals surface area contributed by atoms with Crippen molar-refractivity contribution in [3.8, 4) is 0 Å². The lowest BCUT2D eigenvalue weighted by Crippen LogP contribution is -2.15. The average molecular weight is 951 g/mol. The Morgan fingerprint density at radius 3 is 1.14 bits per heavy atom. The number of hydrogen-bond donors (Lipinski definition) is 0. The van der Waals surface area contributed by atoms with E-state index < -0.39 is 0 Å². The normalized spacial score (nSPS) is 12.7. The largest absolute Gasteiger partial charge is 0.308 e. The summed E-state index contributed by atoms with van der Waals surface area (Å²) in [5.41, 5.74) is 16.6. The van der Waals surface area contributed by atoms with Crippen molar-refractivity contribution < 1.29 is 0 Å². The molecule has 0 aliphatic carbocycles. The van der Waals surface area contributed by atoms with Crippen LogP contribution in [0, 0.1) is 0 Å². The SMILES string of the molecule is CC(C)(C)c1cc(N(c2ccccc2)c2ccccc2)c2c(c1)c1cc(C(C)(C)C)cc3c4c5c6cc7ccccc7c7c8c9ccccc9cc(N(c9ccccc9)c9ccccc9)c8n(c5ccc4n2c13)c67. The van der Waals surface area contributed by atoms with Crippen LogP contribution in [0.15, 0.2) is 218 Å². The Balaban J connectivity index is 1.18. The Morgan fingerprint density at radius 2 is 0.649 bits per heavy atom. The van der Waals surface area contributed by atoms with Gasteiger partial charge in [0.25, 0.3) is 0 Å². The lowest BCUT2D eigenvalue weighted by atomic mass is 9.83. The number of fused-ring (bicyclic) bond motifs is 17. The van der Waals surface area contributed by atoms with E-state index in [-0.39, 0.29) is 10.8 Å². The maximum Gasteiger partial charge on any atom is 0.0789 e. The fourth-order valence-corrected chi connectivity index (χ4v) is 12.7. The van der Waals surface area contributed by atoms with E-state index in [1.54, 1.807) is 0 Å². The summed E-state index contributed by atoms with van der Waals surface area (Å²) in [5, 5.41) is 15.3. The Labute approximate surface area is 430 Å². The molecule has 0 amide bonds. The van der Waals surface area contributed by atoms with Gasteiger partial charge >= 0.3 is 0 Å². The van der Waals surface area contributed by atoms with Crippen molar-refractivity contribution in [2.75, 3.05) is 9.80 Å². The second kappa shape index (κ2) is 15.3. The van der Waals surface area contributed by atoms with Crippen molar-refractivity contribution in [3.63, 3.8) is 0 Å². The number of anilines is 6. The number of aromatic nitrogens is 2. The molecule has 4 aromatic heterocycles. The van der Waals surface area contributed by atoms with Crippen LogP contribution in [0.4, 0.5) is 34.1 Å². The lowest BCUT2D eigenvalue weighted by molar-refractivity contribution is 0.591. The topological polar surface area (TPSA) is 15.3 Å². The summed E-state index contributed by atoms with van der Waals surface area (Å²) in [7, 11) is 0. The summed E-state index contributed by atoms with van der Waals surface area (Å²) in [6.45, 7) is 14.1. The van der Waals surface area contributed by atoms with E-state index in [0.717, 1.165) is 28.4 Å². The van der Waals surface area contributed by atoms with Gasteiger partial charge in [-0.2, -0.15) is 0 Å². The van der Waals surface area contributed by atoms with Crippen LogP contribution in [0.25, 0.3) is 97.7 Å². The molecule has 0 aliphatic rings. The summed E-state index contributed by atoms with van der Waals surface area (Å²) >= 11 is 0. The molecule has 15 rings (SSSR count). The maximum atomic E-state index is 2.65. The van der Waals surface area contributed by atoms with Crippen LogP contribution < -0.4 is 9.80 Å². The maximum absolute atomic E-state index is 2.65. The summed E-state index contributed by atoms with van der Waals surface area (Å²) in [6.07, 6.45) is 0. The van der Waals surface area contributed by atoms with Gasteiger partial charge in [-0.3, -0.25) is 0 Å². The molecule has 0 unspecified atom stereocenters. The van der Waals surface area contributed by atoms with Gasteiger partial charge in [-0.05, 0) is 141 Å². The van der Waals surface area contributed by atoms with Crippen LogP contribution in [0.1, 0.15) is 52.7 Å². The molecule has 0 saturated carbocycles. The van der Waals surface area contributed by atoms with Crippen LogP contribution in [-0.2, 0) is 10.8 Å². The first-order valence-corrected chi connectivity index (χ1v) is 26.1. The molecular formula is C70H54N4. The molecule has 0 saturated heterocycles. The zero-order valence-electron chi connectivity index (χ0n) is 42.6. The molecule has 4 heterocycles. The highest BCUT2D eigenvalue weighted by atomic mass is 15.2. The molecule has 0 N–H and O–H groups in total. The second-order valence-corrected chi connectivity index (χ2v) is 22.6. The molecule has 0 radical (unpaired) electrons. The lowest BCUT2D eigenvalue weighted by Gasteiger charge is -2.29. The fourth-order valence-electron chi connectivity index (χ4n) is 12.7. The number of nitrogens with zero attached hydrogens (tertiary/aromatic N) is 4. The number of hydrogen-bond acceptors (Lipinski definition) is 2. The molecule has 0 aliphatic heterocycles. The molecule has 11 aromatic carbocycles. The molecule has 15 aromatic rings. The summed E-state index contributed by atoms with van der Waals surface area (Å²) < 4.78 is 5.28. The Morgan fingerprint density at radius 1 is 0.284 bits per heavy atom. The predicted octanol–water partition coefficient (Wildman–Crippen LogP) is 19.8. The molecule has 354 valence electrons. The number of para-hydroxylation sites is 4. The Kier molecular flexibility index (Phi) is 8.87. The quantitative estimate of drug-likeness (QED) is 0.165. The summed E-state index contributed by atoms with van der Waals surface area (Å²) in [6, 6.07) is 81.6. The molecule has 4 heteroatoms. The monoisotopic (exact) mass is 950 g/mol. The van der Waals surface area contributed by atoms with Gasteiger partial charge in [-0.25, -0.2) is 0 Å². The minimum Gasteiger partial charge on any atom is -0.308 e. The van der Waals surface area contributed by atoms with Gasteiger partial charge in [0.05, 0.1) is 44.5 Å². The minimum absolute atomic E-state index is 0.109. The molecule has 0 atom stereocenters. The molecule has 4 nitrogen and oxygen atoms in total. The Hall–Kier alpha value is -8.86. The van der Waals surface area contributed by atoms with Gasteiger partial charge < -0.3 is 18.6 Å². The van der Waals surface area contributed by atoms with Crippen molar-refractivity contribution in [1.29, 1.82) is 0 Å². The van der Waals surface area contributed by atoms with Gasteiger partial charge in [0.15, 0.2) is 0 Å². The predicted molar refractivity (Wildman–Crippen MR) is 318 cm³/mol. The van der Waals surface area contributed by atoms with Crippen molar-refractivity contribution in [1.82, 2.24) is 8.80 Å². The van der Waals surface area contributed by atoms with E-state index in [0.29, 0.717) is 0 Å². The average Bonchev–Trinajstić information content (AvgIpc) is 4.19. The Bertz CT molecular complexity index is 4630. The smallest absolute Gasteiger partial charge is 0.0789 e. The highest BCUT2D eigenvalue weighted by molar-refractivity contribution is 6.41. The first-order valence-electron chi connectivity index (χ1n) is 26.1. The molecule has 0 fully saturated rings. The van der Waals surface area contributed by atoms with Crippen molar-refractivity contribution >= 4 is 132 Å². The molecular weight excluding hydrogens is 897 g/mol. The minimum atomic E-state index is -0.115. The van der Waals surface area contributed by atoms with Crippen molar-refractivity contribution in [3.05, 3.63) is 230 Å². The summed E-state index contributed by atoms with van der Waals surface area (Å²) in [4.78, 5) is 4.95. The number of rotatable bonds is 6. The zero-order chi connectivity index (χ0) is 49.8. The first kappa shape index (κ1) is 42.8. The third-order valence-corrected chi connectivity index (χ3v) is 16.1. The van der Waals surface area contributed by atoms with E-state index in [4.69, 9.17) is 0 Å². The van der Waals surface area contributed by atoms with Crippen LogP contribution in [0.2, 0.25) is 0 Å². The molecule has 0 spiro atoms. The highest BCUT2D eigenvalue weighted by Crippen LogP contribution is 2.54. The van der Waals surface area contributed by atoms with E-state index in [9.17, 15) is 0 Å². The third kappa shape index (κ3) is 5.97. The van der Waals surface area contributed by atoms with E-state index in [2.05, 4.69) is 279 Å². The van der Waals surface area contributed by atoms with Crippen LogP contribution in [-0.4, -0.2) is 8.80 Å². The van der Waals surface area contributed by atoms with E-state index in [1.807, 2.05) is 0 Å². The summed E-state index contributed by atoms with van der Waals surface area (Å²) in [5.74, 6) is 0. The highest BCUT2D eigenvalue weighted by Gasteiger charge is 2.32. The van der Waals surface area contributed by atoms with E-state index in [1.165, 1.54) is 115 Å². The van der Waals surface area contributed by atoms with Crippen molar-refractivity contribution in [2.24, 2.45) is 0 Å². The fraction of sp³-hybridized carbons (Fsp3) is 0.114. The van der Waals surface area contributed by atoms with Gasteiger partial charge in [0.1, 0.15) is 0 Å². The van der Waals surface area contributed by atoms with E-state index >= 15 is 0 Å². The van der Waals surface area contributed by atoms with Gasteiger partial charge in [0.2, 0.25) is 0 Å². The molecule has 0 bridgehead atoms. The van der Waals surface area contributed by atoms with Crippen LogP contribution >= 0.6 is 0 Å². The zero-order valence-corrected chi connectivity index (χ0v) is 42.6. The molecule has 74 heavy (non-hydrogen) atoms.